The van der Waals surface area contributed by atoms with Crippen LogP contribution in [-0.2, 0) is 4.74 Å². The number of benzene rings is 1. The largest absolute Gasteiger partial charge is 0.493 e. The lowest BCUT2D eigenvalue weighted by Gasteiger charge is -2.15. The first-order valence-electron chi connectivity index (χ1n) is 8.86. The third-order valence-electron chi connectivity index (χ3n) is 3.62. The van der Waals surface area contributed by atoms with E-state index >= 15 is 0 Å². The Balaban J connectivity index is 0.000000751. The maximum atomic E-state index is 9.89. The lowest BCUT2D eigenvalue weighted by molar-refractivity contribution is 0.167. The highest BCUT2D eigenvalue weighted by atomic mass is 35.5. The van der Waals surface area contributed by atoms with E-state index in [1.807, 2.05) is 31.2 Å². The first-order valence-corrected chi connectivity index (χ1v) is 8.86. The van der Waals surface area contributed by atoms with Crippen molar-refractivity contribution in [1.29, 1.82) is 0 Å². The Morgan fingerprint density at radius 2 is 1.88 bits per heavy atom. The van der Waals surface area contributed by atoms with Crippen LogP contribution in [0.25, 0.3) is 0 Å². The molecule has 1 aromatic carbocycles. The van der Waals surface area contributed by atoms with Gasteiger partial charge in [-0.3, -0.25) is 0 Å². The number of rotatable bonds is 8. The molecule has 1 aliphatic heterocycles. The number of ether oxygens (including phenoxy) is 2. The van der Waals surface area contributed by atoms with Gasteiger partial charge in [-0.1, -0.05) is 39.0 Å². The van der Waals surface area contributed by atoms with Crippen molar-refractivity contribution in [1.82, 2.24) is 5.32 Å². The van der Waals surface area contributed by atoms with Gasteiger partial charge in [0.2, 0.25) is 0 Å². The lowest BCUT2D eigenvalue weighted by Crippen LogP contribution is -2.24. The molecule has 2 rings (SSSR count). The summed E-state index contributed by atoms with van der Waals surface area (Å²) < 4.78 is 10.7. The van der Waals surface area contributed by atoms with Crippen LogP contribution in [0.2, 0.25) is 0 Å². The number of halogens is 1. The summed E-state index contributed by atoms with van der Waals surface area (Å²) in [6.07, 6.45) is 3.79. The summed E-state index contributed by atoms with van der Waals surface area (Å²) in [5, 5.41) is 13.2. The van der Waals surface area contributed by atoms with E-state index in [0.717, 1.165) is 37.5 Å². The van der Waals surface area contributed by atoms with Gasteiger partial charge in [0.05, 0.1) is 12.7 Å². The fourth-order valence-electron chi connectivity index (χ4n) is 2.26. The van der Waals surface area contributed by atoms with Crippen molar-refractivity contribution in [2.45, 2.75) is 58.6 Å². The second-order valence-corrected chi connectivity index (χ2v) is 6.09. The minimum absolute atomic E-state index is 0. The summed E-state index contributed by atoms with van der Waals surface area (Å²) in [6.45, 7) is 9.86. The Hall–Kier alpha value is -0.810. The Labute approximate surface area is 153 Å². The molecule has 1 fully saturated rings. The fourth-order valence-corrected chi connectivity index (χ4v) is 2.26. The number of aliphatic hydroxyl groups is 1. The molecule has 1 heterocycles. The van der Waals surface area contributed by atoms with Gasteiger partial charge in [-0.2, -0.15) is 0 Å². The van der Waals surface area contributed by atoms with Gasteiger partial charge in [-0.25, -0.2) is 0 Å². The number of nitrogens with one attached hydrogen (secondary N) is 1. The van der Waals surface area contributed by atoms with Crippen LogP contribution in [0.3, 0.4) is 0 Å². The minimum atomic E-state index is -0.435. The molecule has 1 unspecified atom stereocenters. The number of hydrogen-bond donors (Lipinski definition) is 2. The first kappa shape index (κ1) is 23.2. The van der Waals surface area contributed by atoms with Gasteiger partial charge in [0.25, 0.3) is 0 Å². The zero-order valence-electron chi connectivity index (χ0n) is 15.3. The molecule has 1 aromatic rings. The zero-order chi connectivity index (χ0) is 16.9. The summed E-state index contributed by atoms with van der Waals surface area (Å²) in [6, 6.07) is 8.23. The van der Waals surface area contributed by atoms with Crippen molar-refractivity contribution in [3.8, 4) is 5.75 Å². The monoisotopic (exact) mass is 359 g/mol. The summed E-state index contributed by atoms with van der Waals surface area (Å²) in [5.41, 5.74) is 0.886. The van der Waals surface area contributed by atoms with Crippen molar-refractivity contribution in [2.75, 3.05) is 26.4 Å². The SMILES string of the molecule is C1CCOC1.CCC(O)c1ccccc1OCCCNC(C)C.Cl. The molecule has 0 saturated carbocycles. The van der Waals surface area contributed by atoms with Crippen LogP contribution < -0.4 is 10.1 Å². The Morgan fingerprint density at radius 1 is 1.21 bits per heavy atom. The van der Waals surface area contributed by atoms with Crippen LogP contribution in [0.1, 0.15) is 58.1 Å². The average Bonchev–Trinajstić information content (AvgIpc) is 3.13. The van der Waals surface area contributed by atoms with Crippen LogP contribution in [0, 0.1) is 0 Å². The molecule has 4 nitrogen and oxygen atoms in total. The molecule has 5 heteroatoms. The van der Waals surface area contributed by atoms with E-state index in [2.05, 4.69) is 19.2 Å². The van der Waals surface area contributed by atoms with Crippen LogP contribution in [0.5, 0.6) is 5.75 Å². The van der Waals surface area contributed by atoms with E-state index in [0.29, 0.717) is 19.1 Å². The smallest absolute Gasteiger partial charge is 0.125 e. The molecular weight excluding hydrogens is 326 g/mol. The third-order valence-corrected chi connectivity index (χ3v) is 3.62. The maximum absolute atomic E-state index is 9.89. The van der Waals surface area contributed by atoms with E-state index in [1.165, 1.54) is 12.8 Å². The predicted octanol–water partition coefficient (Wildman–Crippen LogP) is 4.12. The summed E-state index contributed by atoms with van der Waals surface area (Å²) in [4.78, 5) is 0. The third kappa shape index (κ3) is 10.1. The molecule has 1 aliphatic rings. The second kappa shape index (κ2) is 14.5. The van der Waals surface area contributed by atoms with Crippen LogP contribution in [0.15, 0.2) is 24.3 Å². The van der Waals surface area contributed by atoms with Gasteiger partial charge in [0.1, 0.15) is 5.75 Å². The van der Waals surface area contributed by atoms with Gasteiger partial charge >= 0.3 is 0 Å². The van der Waals surface area contributed by atoms with Crippen LogP contribution in [-0.4, -0.2) is 37.5 Å². The van der Waals surface area contributed by atoms with Crippen molar-refractivity contribution in [2.24, 2.45) is 0 Å². The van der Waals surface area contributed by atoms with Crippen molar-refractivity contribution < 1.29 is 14.6 Å². The summed E-state index contributed by atoms with van der Waals surface area (Å²) in [7, 11) is 0. The van der Waals surface area contributed by atoms with Crippen molar-refractivity contribution in [3.05, 3.63) is 29.8 Å². The van der Waals surface area contributed by atoms with E-state index in [9.17, 15) is 5.11 Å². The first-order chi connectivity index (χ1) is 11.1. The normalized spacial score (nSPS) is 14.5. The van der Waals surface area contributed by atoms with E-state index < -0.39 is 6.10 Å². The molecule has 1 saturated heterocycles. The van der Waals surface area contributed by atoms with Crippen LogP contribution >= 0.6 is 12.4 Å². The molecule has 0 spiro atoms. The molecule has 0 aliphatic carbocycles. The Bertz CT molecular complexity index is 404. The maximum Gasteiger partial charge on any atom is 0.125 e. The van der Waals surface area contributed by atoms with Crippen LogP contribution in [0.4, 0.5) is 0 Å². The van der Waals surface area contributed by atoms with Crippen molar-refractivity contribution >= 4 is 12.4 Å². The van der Waals surface area contributed by atoms with Gasteiger partial charge in [0.15, 0.2) is 0 Å². The summed E-state index contributed by atoms with van der Waals surface area (Å²) >= 11 is 0. The molecule has 0 bridgehead atoms. The Morgan fingerprint density at radius 3 is 2.42 bits per heavy atom. The van der Waals surface area contributed by atoms with Gasteiger partial charge in [0, 0.05) is 24.8 Å². The number of para-hydroxylation sites is 1. The molecule has 2 N–H and O–H groups in total. The quantitative estimate of drug-likeness (QED) is 0.685. The highest BCUT2D eigenvalue weighted by Gasteiger charge is 2.10. The highest BCUT2D eigenvalue weighted by Crippen LogP contribution is 2.26. The Kier molecular flexibility index (Phi) is 14.0. The molecule has 140 valence electrons. The molecule has 0 aromatic heterocycles. The van der Waals surface area contributed by atoms with E-state index in [-0.39, 0.29) is 12.4 Å². The minimum Gasteiger partial charge on any atom is -0.493 e. The van der Waals surface area contributed by atoms with Gasteiger partial charge < -0.3 is 19.9 Å². The van der Waals surface area contributed by atoms with E-state index in [1.54, 1.807) is 0 Å². The molecule has 1 atom stereocenters. The number of aliphatic hydroxyl groups excluding tert-OH is 1. The highest BCUT2D eigenvalue weighted by molar-refractivity contribution is 5.85. The van der Waals surface area contributed by atoms with E-state index in [4.69, 9.17) is 9.47 Å². The van der Waals surface area contributed by atoms with Crippen molar-refractivity contribution in [3.63, 3.8) is 0 Å². The number of hydrogen-bond acceptors (Lipinski definition) is 4. The topological polar surface area (TPSA) is 50.7 Å². The predicted molar refractivity (Wildman–Crippen MR) is 102 cm³/mol. The fraction of sp³-hybridized carbons (Fsp3) is 0.684. The van der Waals surface area contributed by atoms with Gasteiger partial charge in [-0.15, -0.1) is 12.4 Å². The average molecular weight is 360 g/mol. The van der Waals surface area contributed by atoms with Gasteiger partial charge in [-0.05, 0) is 38.3 Å². The molecule has 0 amide bonds. The zero-order valence-corrected chi connectivity index (χ0v) is 16.1. The molecular formula is C19H34ClNO3. The summed E-state index contributed by atoms with van der Waals surface area (Å²) in [5.74, 6) is 0.802. The lowest BCUT2D eigenvalue weighted by atomic mass is 10.1. The molecule has 24 heavy (non-hydrogen) atoms. The second-order valence-electron chi connectivity index (χ2n) is 6.09. The standard InChI is InChI=1S/C15H25NO2.C4H8O.ClH/c1-4-14(17)13-8-5-6-9-15(13)18-11-7-10-16-12(2)3;1-2-4-5-3-1;/h5-6,8-9,12,14,16-17H,4,7,10-11H2,1-3H3;1-4H2;1H. The molecule has 0 radical (unpaired) electrons.